The second kappa shape index (κ2) is 9.58. The van der Waals surface area contributed by atoms with Gasteiger partial charge in [0.25, 0.3) is 0 Å². The van der Waals surface area contributed by atoms with Crippen molar-refractivity contribution < 1.29 is 32.6 Å². The average Bonchev–Trinajstić information content (AvgIpc) is 3.48. The van der Waals surface area contributed by atoms with Crippen molar-refractivity contribution in [3.05, 3.63) is 74.4 Å². The van der Waals surface area contributed by atoms with Crippen LogP contribution in [0.2, 0.25) is 0 Å². The van der Waals surface area contributed by atoms with E-state index in [1.165, 1.54) is 6.21 Å². The minimum absolute atomic E-state index is 0.153. The van der Waals surface area contributed by atoms with E-state index in [9.17, 15) is 32.6 Å². The van der Waals surface area contributed by atoms with E-state index in [0.717, 1.165) is 23.5 Å². The van der Waals surface area contributed by atoms with Gasteiger partial charge in [-0.1, -0.05) is 23.5 Å². The third-order valence-corrected chi connectivity index (χ3v) is 7.63. The van der Waals surface area contributed by atoms with Crippen LogP contribution < -0.4 is 15.5 Å². The van der Waals surface area contributed by atoms with Gasteiger partial charge in [-0.05, 0) is 53.5 Å². The van der Waals surface area contributed by atoms with Gasteiger partial charge in [0.05, 0.1) is 27.9 Å². The van der Waals surface area contributed by atoms with Gasteiger partial charge in [0, 0.05) is 25.1 Å². The lowest BCUT2D eigenvalue weighted by molar-refractivity contribution is -0.142. The van der Waals surface area contributed by atoms with Crippen molar-refractivity contribution >= 4 is 34.2 Å². The normalized spacial score (nSPS) is 16.5. The lowest BCUT2D eigenvalue weighted by atomic mass is 9.96. The number of carbonyl (C=O) groups is 1. The van der Waals surface area contributed by atoms with Crippen LogP contribution in [0.3, 0.4) is 0 Å². The highest BCUT2D eigenvalue weighted by atomic mass is 32.1. The molecule has 0 amide bonds. The van der Waals surface area contributed by atoms with Crippen LogP contribution in [0.5, 0.6) is 5.88 Å². The van der Waals surface area contributed by atoms with Crippen LogP contribution in [0.1, 0.15) is 34.4 Å². The number of piperidine rings is 1. The van der Waals surface area contributed by atoms with Gasteiger partial charge in [-0.3, -0.25) is 4.79 Å². The largest absolute Gasteiger partial charge is 0.492 e. The number of carboxylic acids is 1. The number of aromatic hydroxyl groups is 1. The van der Waals surface area contributed by atoms with Crippen LogP contribution in [-0.2, 0) is 17.4 Å². The van der Waals surface area contributed by atoms with Crippen molar-refractivity contribution in [1.82, 2.24) is 4.98 Å². The molecule has 0 aliphatic carbocycles. The molecule has 5 rings (SSSR count). The van der Waals surface area contributed by atoms with Crippen LogP contribution in [-0.4, -0.2) is 40.5 Å². The Hall–Kier alpha value is -3.80. The minimum Gasteiger partial charge on any atom is -0.492 e. The van der Waals surface area contributed by atoms with Crippen LogP contribution in [0.4, 0.5) is 22.7 Å². The number of aromatic nitrogens is 1. The summed E-state index contributed by atoms with van der Waals surface area (Å²) in [5.41, 5.74) is -0.200. The molecule has 2 aromatic carbocycles. The Morgan fingerprint density at radius 1 is 1.14 bits per heavy atom. The Morgan fingerprint density at radius 3 is 2.59 bits per heavy atom. The Labute approximate surface area is 211 Å². The summed E-state index contributed by atoms with van der Waals surface area (Å²) >= 11 is 1.12. The van der Waals surface area contributed by atoms with E-state index in [0.29, 0.717) is 58.8 Å². The molecule has 1 aromatic heterocycles. The molecular formula is C25H20F4N4O3S. The molecule has 1 saturated heterocycles. The van der Waals surface area contributed by atoms with Gasteiger partial charge in [-0.15, -0.1) is 0 Å². The van der Waals surface area contributed by atoms with Crippen LogP contribution in [0, 0.1) is 11.7 Å². The fourth-order valence-corrected chi connectivity index (χ4v) is 5.59. The topological polar surface area (TPSA) is 98.4 Å². The van der Waals surface area contributed by atoms with Crippen molar-refractivity contribution in [2.45, 2.75) is 25.4 Å². The van der Waals surface area contributed by atoms with E-state index in [1.807, 2.05) is 4.90 Å². The lowest BCUT2D eigenvalue weighted by Crippen LogP contribution is -2.36. The summed E-state index contributed by atoms with van der Waals surface area (Å²) in [6.07, 6.45) is -2.67. The van der Waals surface area contributed by atoms with Crippen LogP contribution >= 0.6 is 11.3 Å². The van der Waals surface area contributed by atoms with Gasteiger partial charge in [0.15, 0.2) is 5.13 Å². The number of nitrogens with zero attached hydrogens (tertiary/aromatic N) is 4. The summed E-state index contributed by atoms with van der Waals surface area (Å²) < 4.78 is 55.0. The number of alkyl halides is 3. The average molecular weight is 533 g/mol. The van der Waals surface area contributed by atoms with E-state index >= 15 is 0 Å². The molecule has 37 heavy (non-hydrogen) atoms. The monoisotopic (exact) mass is 532 g/mol. The predicted molar refractivity (Wildman–Crippen MR) is 129 cm³/mol. The van der Waals surface area contributed by atoms with Crippen LogP contribution in [0.15, 0.2) is 46.6 Å². The molecule has 7 nitrogen and oxygen atoms in total. The number of anilines is 1. The SMILES string of the molecule is O=C(O)C1CCN(c2nc(O)c(C(Cc3ccc(F)cc3C(F)(F)F)=c3ccc4c(c3)C=NN=4)s2)CC1. The standard InChI is InChI=1S/C25H20F4N4O3S/c26-17-3-1-15(19(11-17)25(27,28)29)10-18(14-2-4-20-16(9-14)12-30-32-20)21-22(34)31-24(37-21)33-7-5-13(6-8-33)23(35)36/h1-4,9,11-13,34H,5-8,10H2,(H,35,36). The number of thiazole rings is 1. The van der Waals surface area contributed by atoms with Crippen molar-refractivity contribution in [1.29, 1.82) is 0 Å². The van der Waals surface area contributed by atoms with E-state index < -0.39 is 29.4 Å². The van der Waals surface area contributed by atoms with Gasteiger partial charge in [0.1, 0.15) is 5.82 Å². The third-order valence-electron chi connectivity index (χ3n) is 6.47. The summed E-state index contributed by atoms with van der Waals surface area (Å²) in [6, 6.07) is 7.62. The highest BCUT2D eigenvalue weighted by Crippen LogP contribution is 2.40. The Morgan fingerprint density at radius 2 is 1.89 bits per heavy atom. The van der Waals surface area contributed by atoms with Gasteiger partial charge in [-0.2, -0.15) is 28.4 Å². The molecule has 0 radical (unpaired) electrons. The number of halogens is 4. The molecule has 3 heterocycles. The fraction of sp³-hybridized carbons (Fsp3) is 0.280. The summed E-state index contributed by atoms with van der Waals surface area (Å²) in [5.74, 6) is -2.65. The van der Waals surface area contributed by atoms with Crippen molar-refractivity contribution in [3.8, 4) is 5.88 Å². The third kappa shape index (κ3) is 5.06. The molecule has 0 bridgehead atoms. The molecule has 0 unspecified atom stereocenters. The molecule has 0 spiro atoms. The second-order valence-corrected chi connectivity index (χ2v) is 9.80. The van der Waals surface area contributed by atoms with Crippen molar-refractivity contribution in [2.24, 2.45) is 16.1 Å². The first-order chi connectivity index (χ1) is 17.6. The zero-order chi connectivity index (χ0) is 26.3. The molecule has 2 aliphatic heterocycles. The Kier molecular flexibility index (Phi) is 6.44. The molecule has 3 aromatic rings. The predicted octanol–water partition coefficient (Wildman–Crippen LogP) is 3.72. The summed E-state index contributed by atoms with van der Waals surface area (Å²) in [6.45, 7) is 0.845. The number of hydrogen-bond acceptors (Lipinski definition) is 7. The first-order valence-corrected chi connectivity index (χ1v) is 12.2. The van der Waals surface area contributed by atoms with Gasteiger partial charge in [-0.25, -0.2) is 4.39 Å². The first kappa shape index (κ1) is 24.9. The summed E-state index contributed by atoms with van der Waals surface area (Å²) in [5, 5.41) is 29.5. The van der Waals surface area contributed by atoms with E-state index in [1.54, 1.807) is 18.2 Å². The maximum Gasteiger partial charge on any atom is 0.416 e. The number of rotatable bonds is 5. The second-order valence-electron chi connectivity index (χ2n) is 8.82. The number of fused-ring (bicyclic) bond motifs is 1. The lowest BCUT2D eigenvalue weighted by Gasteiger charge is -2.29. The number of hydrogen-bond donors (Lipinski definition) is 2. The molecule has 2 aliphatic rings. The number of benzene rings is 2. The minimum atomic E-state index is -4.78. The number of aliphatic carboxylic acids is 1. The van der Waals surface area contributed by atoms with Crippen molar-refractivity contribution in [3.63, 3.8) is 0 Å². The molecular weight excluding hydrogens is 512 g/mol. The molecule has 2 N–H and O–H groups in total. The first-order valence-electron chi connectivity index (χ1n) is 11.4. The van der Waals surface area contributed by atoms with Gasteiger partial charge < -0.3 is 15.1 Å². The molecule has 0 saturated carbocycles. The van der Waals surface area contributed by atoms with Gasteiger partial charge >= 0.3 is 12.1 Å². The maximum absolute atomic E-state index is 13.8. The van der Waals surface area contributed by atoms with Crippen LogP contribution in [0.25, 0.3) is 5.57 Å². The molecule has 12 heteroatoms. The molecule has 1 fully saturated rings. The van der Waals surface area contributed by atoms with Crippen molar-refractivity contribution in [2.75, 3.05) is 18.0 Å². The fourth-order valence-electron chi connectivity index (χ4n) is 4.51. The quantitative estimate of drug-likeness (QED) is 0.489. The van der Waals surface area contributed by atoms with Gasteiger partial charge in [0.2, 0.25) is 5.88 Å². The summed E-state index contributed by atoms with van der Waals surface area (Å²) in [7, 11) is 0. The Bertz CT molecular complexity index is 1530. The zero-order valence-electron chi connectivity index (χ0n) is 19.2. The molecule has 0 atom stereocenters. The highest BCUT2D eigenvalue weighted by Gasteiger charge is 2.34. The molecule has 192 valence electrons. The Balaban J connectivity index is 1.60. The smallest absolute Gasteiger partial charge is 0.416 e. The van der Waals surface area contributed by atoms with E-state index in [4.69, 9.17) is 0 Å². The van der Waals surface area contributed by atoms with E-state index in [-0.39, 0.29) is 22.7 Å². The van der Waals surface area contributed by atoms with E-state index in [2.05, 4.69) is 15.2 Å². The maximum atomic E-state index is 13.8. The highest BCUT2D eigenvalue weighted by molar-refractivity contribution is 7.17. The summed E-state index contributed by atoms with van der Waals surface area (Å²) in [4.78, 5) is 17.7. The zero-order valence-corrected chi connectivity index (χ0v) is 20.0. The number of carboxylic acid groups (broad SMARTS) is 1.